The highest BCUT2D eigenvalue weighted by molar-refractivity contribution is 5.99. The van der Waals surface area contributed by atoms with Gasteiger partial charge in [0.25, 0.3) is 0 Å². The summed E-state index contributed by atoms with van der Waals surface area (Å²) in [5, 5.41) is 9.33. The largest absolute Gasteiger partial charge is 0.456 e. The van der Waals surface area contributed by atoms with Gasteiger partial charge in [0.15, 0.2) is 0 Å². The van der Waals surface area contributed by atoms with Crippen LogP contribution in [0.4, 0.5) is 10.1 Å². The van der Waals surface area contributed by atoms with E-state index in [1.807, 2.05) is 67.0 Å². The van der Waals surface area contributed by atoms with Crippen molar-refractivity contribution in [1.29, 1.82) is 0 Å². The first kappa shape index (κ1) is 26.4. The molecule has 43 heavy (non-hydrogen) atoms. The molecule has 210 valence electrons. The SMILES string of the molecule is Fc1ccc2cncc(-c3cc4ccccc4o3)c2c1.NCCNc1ccc2cncc(-c3cc4ccccc4o3)c2c1. The van der Waals surface area contributed by atoms with Gasteiger partial charge < -0.3 is 19.9 Å². The molecular weight excluding hydrogens is 539 g/mol. The Morgan fingerprint density at radius 3 is 1.74 bits per heavy atom. The minimum Gasteiger partial charge on any atom is -0.456 e. The van der Waals surface area contributed by atoms with Crippen molar-refractivity contribution in [1.82, 2.24) is 9.97 Å². The van der Waals surface area contributed by atoms with E-state index in [9.17, 15) is 4.39 Å². The fraction of sp³-hybridized carbons (Fsp3) is 0.0556. The Hall–Kier alpha value is -5.53. The molecule has 8 aromatic rings. The van der Waals surface area contributed by atoms with Gasteiger partial charge in [0, 0.05) is 76.2 Å². The number of rotatable bonds is 5. The molecule has 0 saturated heterocycles. The number of fused-ring (bicyclic) bond motifs is 4. The number of hydrogen-bond acceptors (Lipinski definition) is 6. The zero-order valence-corrected chi connectivity index (χ0v) is 23.1. The number of para-hydroxylation sites is 2. The van der Waals surface area contributed by atoms with Crippen LogP contribution in [0.1, 0.15) is 0 Å². The summed E-state index contributed by atoms with van der Waals surface area (Å²) in [5.74, 6) is 1.27. The van der Waals surface area contributed by atoms with Gasteiger partial charge in [-0.1, -0.05) is 42.5 Å². The molecule has 4 aromatic heterocycles. The number of pyridine rings is 2. The van der Waals surface area contributed by atoms with Gasteiger partial charge in [-0.2, -0.15) is 0 Å². The number of benzene rings is 4. The summed E-state index contributed by atoms with van der Waals surface area (Å²) in [4.78, 5) is 8.56. The van der Waals surface area contributed by atoms with Crippen molar-refractivity contribution in [3.05, 3.63) is 128 Å². The fourth-order valence-electron chi connectivity index (χ4n) is 5.25. The Bertz CT molecular complexity index is 2150. The summed E-state index contributed by atoms with van der Waals surface area (Å²) in [6.45, 7) is 1.35. The summed E-state index contributed by atoms with van der Waals surface area (Å²) < 4.78 is 25.3. The maximum Gasteiger partial charge on any atom is 0.137 e. The van der Waals surface area contributed by atoms with Gasteiger partial charge in [-0.3, -0.25) is 9.97 Å². The second kappa shape index (κ2) is 11.4. The summed E-state index contributed by atoms with van der Waals surface area (Å²) >= 11 is 0. The van der Waals surface area contributed by atoms with E-state index in [2.05, 4.69) is 39.6 Å². The second-order valence-corrected chi connectivity index (χ2v) is 10.2. The molecule has 4 aromatic carbocycles. The Kier molecular flexibility index (Phi) is 6.99. The minimum atomic E-state index is -0.263. The van der Waals surface area contributed by atoms with Crippen LogP contribution in [-0.4, -0.2) is 23.1 Å². The van der Waals surface area contributed by atoms with Gasteiger partial charge in [-0.15, -0.1) is 0 Å². The molecule has 0 saturated carbocycles. The van der Waals surface area contributed by atoms with Gasteiger partial charge in [-0.05, 0) is 65.4 Å². The highest BCUT2D eigenvalue weighted by Crippen LogP contribution is 2.34. The Balaban J connectivity index is 0.000000141. The van der Waals surface area contributed by atoms with Crippen LogP contribution in [0.15, 0.2) is 131 Å². The van der Waals surface area contributed by atoms with Gasteiger partial charge in [0.1, 0.15) is 28.5 Å². The fourth-order valence-corrected chi connectivity index (χ4v) is 5.25. The van der Waals surface area contributed by atoms with Crippen molar-refractivity contribution in [2.24, 2.45) is 5.73 Å². The Morgan fingerprint density at radius 1 is 0.605 bits per heavy atom. The number of aromatic nitrogens is 2. The minimum absolute atomic E-state index is 0.263. The average molecular weight is 567 g/mol. The normalized spacial score (nSPS) is 11.2. The van der Waals surface area contributed by atoms with Gasteiger partial charge >= 0.3 is 0 Å². The molecule has 0 aliphatic carbocycles. The van der Waals surface area contributed by atoms with Crippen LogP contribution < -0.4 is 11.1 Å². The van der Waals surface area contributed by atoms with E-state index in [4.69, 9.17) is 14.6 Å². The molecule has 0 fully saturated rings. The third-order valence-electron chi connectivity index (χ3n) is 7.34. The maximum absolute atomic E-state index is 13.5. The average Bonchev–Trinajstić information content (AvgIpc) is 3.68. The number of halogens is 1. The van der Waals surface area contributed by atoms with Crippen molar-refractivity contribution in [3.63, 3.8) is 0 Å². The van der Waals surface area contributed by atoms with Gasteiger partial charge in [0.05, 0.1) is 0 Å². The number of furan rings is 2. The molecule has 0 aliphatic heterocycles. The van der Waals surface area contributed by atoms with Crippen LogP contribution in [0.5, 0.6) is 0 Å². The van der Waals surface area contributed by atoms with E-state index in [0.29, 0.717) is 12.3 Å². The molecule has 0 spiro atoms. The topological polar surface area (TPSA) is 90.1 Å². The first-order valence-corrected chi connectivity index (χ1v) is 14.0. The van der Waals surface area contributed by atoms with Gasteiger partial charge in [0.2, 0.25) is 0 Å². The van der Waals surface area contributed by atoms with E-state index in [1.54, 1.807) is 18.5 Å². The predicted octanol–water partition coefficient (Wildman–Crippen LogP) is 8.81. The lowest BCUT2D eigenvalue weighted by molar-refractivity contribution is 0.628. The quantitative estimate of drug-likeness (QED) is 0.216. The summed E-state index contributed by atoms with van der Waals surface area (Å²) in [7, 11) is 0. The molecule has 3 N–H and O–H groups in total. The zero-order valence-electron chi connectivity index (χ0n) is 23.1. The molecule has 0 bridgehead atoms. The molecule has 7 heteroatoms. The number of nitrogens with two attached hydrogens (primary N) is 1. The molecule has 6 nitrogen and oxygen atoms in total. The van der Waals surface area contributed by atoms with Gasteiger partial charge in [-0.25, -0.2) is 4.39 Å². The van der Waals surface area contributed by atoms with Crippen LogP contribution in [0.2, 0.25) is 0 Å². The third-order valence-corrected chi connectivity index (χ3v) is 7.34. The second-order valence-electron chi connectivity index (χ2n) is 10.2. The van der Waals surface area contributed by atoms with E-state index in [-0.39, 0.29) is 5.82 Å². The first-order chi connectivity index (χ1) is 21.2. The lowest BCUT2D eigenvalue weighted by Crippen LogP contribution is -2.12. The molecule has 0 atom stereocenters. The van der Waals surface area contributed by atoms with E-state index >= 15 is 0 Å². The first-order valence-electron chi connectivity index (χ1n) is 14.0. The number of anilines is 1. The molecule has 0 aliphatic rings. The van der Waals surface area contributed by atoms with Crippen molar-refractivity contribution >= 4 is 49.2 Å². The van der Waals surface area contributed by atoms with Crippen LogP contribution >= 0.6 is 0 Å². The molecule has 8 rings (SSSR count). The van der Waals surface area contributed by atoms with Crippen molar-refractivity contribution < 1.29 is 13.2 Å². The zero-order chi connectivity index (χ0) is 29.2. The summed E-state index contributed by atoms with van der Waals surface area (Å²) in [6.07, 6.45) is 7.15. The summed E-state index contributed by atoms with van der Waals surface area (Å²) in [5.41, 5.74) is 10.1. The van der Waals surface area contributed by atoms with E-state index in [1.165, 1.54) is 12.1 Å². The molecular formula is C36H27FN4O2. The highest BCUT2D eigenvalue weighted by Gasteiger charge is 2.12. The highest BCUT2D eigenvalue weighted by atomic mass is 19.1. The van der Waals surface area contributed by atoms with Crippen LogP contribution in [0, 0.1) is 5.82 Å². The monoisotopic (exact) mass is 566 g/mol. The lowest BCUT2D eigenvalue weighted by atomic mass is 10.0. The molecule has 0 radical (unpaired) electrons. The predicted molar refractivity (Wildman–Crippen MR) is 171 cm³/mol. The third kappa shape index (κ3) is 5.29. The summed E-state index contributed by atoms with van der Waals surface area (Å²) in [6, 6.07) is 30.7. The van der Waals surface area contributed by atoms with Crippen molar-refractivity contribution in [2.45, 2.75) is 0 Å². The Morgan fingerprint density at radius 2 is 1.16 bits per heavy atom. The maximum atomic E-state index is 13.5. The van der Waals surface area contributed by atoms with E-state index < -0.39 is 0 Å². The van der Waals surface area contributed by atoms with Crippen LogP contribution in [0.25, 0.3) is 66.1 Å². The number of nitrogens with one attached hydrogen (secondary N) is 1. The number of nitrogens with zero attached hydrogens (tertiary/aromatic N) is 2. The lowest BCUT2D eigenvalue weighted by Gasteiger charge is -2.08. The van der Waals surface area contributed by atoms with Crippen molar-refractivity contribution in [3.8, 4) is 22.6 Å². The van der Waals surface area contributed by atoms with E-state index in [0.717, 1.165) is 72.6 Å². The molecule has 4 heterocycles. The van der Waals surface area contributed by atoms with Crippen LogP contribution in [0.3, 0.4) is 0 Å². The smallest absolute Gasteiger partial charge is 0.137 e. The van der Waals surface area contributed by atoms with Crippen LogP contribution in [-0.2, 0) is 0 Å². The Labute approximate surface area is 246 Å². The molecule has 0 amide bonds. The number of hydrogen-bond donors (Lipinski definition) is 2. The van der Waals surface area contributed by atoms with Crippen molar-refractivity contribution in [2.75, 3.05) is 18.4 Å². The molecule has 0 unspecified atom stereocenters. The standard InChI is InChI=1S/C19H17N3O.C17H10FNO/c20-7-8-22-15-6-5-14-11-21-12-17(16(14)10-15)19-9-13-3-1-2-4-18(13)23-19;18-13-6-5-12-9-19-10-15(14(12)8-13)17-7-11-3-1-2-4-16(11)20-17/h1-6,9-12,22H,7-8,20H2;1-10H.